The number of nitrogens with two attached hydrogens (primary N) is 2. The van der Waals surface area contributed by atoms with Crippen LogP contribution < -0.4 is 17.2 Å². The summed E-state index contributed by atoms with van der Waals surface area (Å²) in [6, 6.07) is 6.46. The van der Waals surface area contributed by atoms with Crippen molar-refractivity contribution in [3.05, 3.63) is 55.9 Å². The number of rotatable bonds is 2. The Kier molecular flexibility index (Phi) is 4.13. The van der Waals surface area contributed by atoms with E-state index in [0.29, 0.717) is 22.2 Å². The molecule has 0 spiro atoms. The van der Waals surface area contributed by atoms with Crippen molar-refractivity contribution in [1.29, 1.82) is 0 Å². The van der Waals surface area contributed by atoms with Gasteiger partial charge in [0.2, 0.25) is 0 Å². The maximum absolute atomic E-state index is 12.2. The van der Waals surface area contributed by atoms with Crippen LogP contribution in [-0.4, -0.2) is 15.6 Å². The summed E-state index contributed by atoms with van der Waals surface area (Å²) in [5, 5.41) is 0.528. The standard InChI is InChI=1S/C16H14Cl2N4O2/c1-7-11(17)12(18)10(9-5-3-2-4-8(9)6-19)13-14(7)22(15(20)23)16(24)21-13/h2-5H,6,19H2,1H3,(H2,20,23)(H,21,24). The number of amides is 1. The van der Waals surface area contributed by atoms with E-state index in [4.69, 9.17) is 34.7 Å². The van der Waals surface area contributed by atoms with E-state index in [1.807, 2.05) is 24.3 Å². The number of nitrogens with one attached hydrogen (secondary N) is 1. The molecule has 6 nitrogen and oxygen atoms in total. The smallest absolute Gasteiger partial charge is 0.334 e. The van der Waals surface area contributed by atoms with Crippen LogP contribution >= 0.6 is 23.2 Å². The molecule has 5 N–H and O–H groups in total. The topological polar surface area (TPSA) is 107 Å². The van der Waals surface area contributed by atoms with E-state index in [2.05, 4.69) is 4.98 Å². The molecule has 3 rings (SSSR count). The van der Waals surface area contributed by atoms with Gasteiger partial charge < -0.3 is 16.5 Å². The summed E-state index contributed by atoms with van der Waals surface area (Å²) in [5.74, 6) is 0. The third-order valence-corrected chi connectivity index (χ3v) is 4.92. The Bertz CT molecular complexity index is 1040. The summed E-state index contributed by atoms with van der Waals surface area (Å²) in [7, 11) is 0. The lowest BCUT2D eigenvalue weighted by Crippen LogP contribution is -2.29. The summed E-state index contributed by atoms with van der Waals surface area (Å²) in [6.45, 7) is 1.95. The Hall–Kier alpha value is -2.28. The highest BCUT2D eigenvalue weighted by Crippen LogP contribution is 2.42. The number of aryl methyl sites for hydroxylation is 1. The van der Waals surface area contributed by atoms with E-state index < -0.39 is 11.7 Å². The third kappa shape index (κ3) is 2.31. The van der Waals surface area contributed by atoms with Crippen LogP contribution in [0.3, 0.4) is 0 Å². The van der Waals surface area contributed by atoms with Gasteiger partial charge in [0, 0.05) is 12.1 Å². The van der Waals surface area contributed by atoms with Gasteiger partial charge in [-0.3, -0.25) is 0 Å². The average Bonchev–Trinajstić information content (AvgIpc) is 2.90. The molecule has 0 bridgehead atoms. The van der Waals surface area contributed by atoms with Crippen LogP contribution in [0.5, 0.6) is 0 Å². The number of nitrogens with zero attached hydrogens (tertiary/aromatic N) is 1. The fraction of sp³-hybridized carbons (Fsp3) is 0.125. The van der Waals surface area contributed by atoms with Crippen LogP contribution in [0, 0.1) is 6.92 Å². The molecule has 0 aliphatic carbocycles. The first-order valence-corrected chi connectivity index (χ1v) is 7.84. The molecular weight excluding hydrogens is 351 g/mol. The van der Waals surface area contributed by atoms with Gasteiger partial charge >= 0.3 is 11.7 Å². The highest BCUT2D eigenvalue weighted by Gasteiger charge is 2.23. The van der Waals surface area contributed by atoms with Crippen molar-refractivity contribution in [2.75, 3.05) is 0 Å². The number of aromatic amines is 1. The van der Waals surface area contributed by atoms with Crippen molar-refractivity contribution in [3.63, 3.8) is 0 Å². The number of benzene rings is 2. The lowest BCUT2D eigenvalue weighted by atomic mass is 9.97. The van der Waals surface area contributed by atoms with E-state index in [9.17, 15) is 9.59 Å². The second kappa shape index (κ2) is 5.98. The first-order chi connectivity index (χ1) is 11.4. The van der Waals surface area contributed by atoms with Crippen molar-refractivity contribution in [3.8, 4) is 11.1 Å². The van der Waals surface area contributed by atoms with Crippen molar-refractivity contribution in [2.24, 2.45) is 11.5 Å². The molecular formula is C16H14Cl2N4O2. The van der Waals surface area contributed by atoms with Crippen molar-refractivity contribution < 1.29 is 4.79 Å². The first kappa shape index (κ1) is 16.6. The number of halogens is 2. The molecule has 0 atom stereocenters. The van der Waals surface area contributed by atoms with Crippen LogP contribution in [0.25, 0.3) is 22.2 Å². The molecule has 0 fully saturated rings. The van der Waals surface area contributed by atoms with E-state index in [1.54, 1.807) is 6.92 Å². The van der Waals surface area contributed by atoms with Gasteiger partial charge in [-0.15, -0.1) is 0 Å². The second-order valence-corrected chi connectivity index (χ2v) is 6.07. The number of hydrogen-bond acceptors (Lipinski definition) is 3. The van der Waals surface area contributed by atoms with E-state index in [-0.39, 0.29) is 16.6 Å². The number of primary amides is 1. The summed E-state index contributed by atoms with van der Waals surface area (Å²) in [5.41, 5.74) is 13.8. The van der Waals surface area contributed by atoms with Crippen LogP contribution in [-0.2, 0) is 6.54 Å². The highest BCUT2D eigenvalue weighted by atomic mass is 35.5. The van der Waals surface area contributed by atoms with Crippen molar-refractivity contribution in [1.82, 2.24) is 9.55 Å². The van der Waals surface area contributed by atoms with Gasteiger partial charge in [-0.2, -0.15) is 0 Å². The summed E-state index contributed by atoms with van der Waals surface area (Å²) < 4.78 is 0.849. The van der Waals surface area contributed by atoms with Gasteiger partial charge in [-0.25, -0.2) is 14.2 Å². The lowest BCUT2D eigenvalue weighted by Gasteiger charge is -2.14. The van der Waals surface area contributed by atoms with Crippen LogP contribution in [0.4, 0.5) is 4.79 Å². The number of H-pyrrole nitrogens is 1. The fourth-order valence-electron chi connectivity index (χ4n) is 2.86. The molecule has 1 aromatic heterocycles. The van der Waals surface area contributed by atoms with E-state index >= 15 is 0 Å². The Labute approximate surface area is 147 Å². The largest absolute Gasteiger partial charge is 0.351 e. The molecule has 24 heavy (non-hydrogen) atoms. The van der Waals surface area contributed by atoms with Crippen LogP contribution in [0.2, 0.25) is 10.0 Å². The van der Waals surface area contributed by atoms with Crippen LogP contribution in [0.15, 0.2) is 29.1 Å². The predicted molar refractivity (Wildman–Crippen MR) is 95.6 cm³/mol. The van der Waals surface area contributed by atoms with E-state index in [0.717, 1.165) is 15.7 Å². The predicted octanol–water partition coefficient (Wildman–Crippen LogP) is 3.00. The maximum atomic E-state index is 12.2. The normalized spacial score (nSPS) is 11.2. The molecule has 3 aromatic rings. The van der Waals surface area contributed by atoms with Gasteiger partial charge in [0.15, 0.2) is 0 Å². The summed E-state index contributed by atoms with van der Waals surface area (Å²) >= 11 is 12.8. The summed E-state index contributed by atoms with van der Waals surface area (Å²) in [4.78, 5) is 26.5. The molecule has 1 amide bonds. The Morgan fingerprint density at radius 2 is 1.92 bits per heavy atom. The number of aromatic nitrogens is 2. The van der Waals surface area contributed by atoms with Crippen molar-refractivity contribution in [2.45, 2.75) is 13.5 Å². The number of imidazole rings is 1. The van der Waals surface area contributed by atoms with E-state index in [1.165, 1.54) is 0 Å². The Balaban J connectivity index is 2.57. The Morgan fingerprint density at radius 3 is 2.54 bits per heavy atom. The molecule has 1 heterocycles. The highest BCUT2D eigenvalue weighted by molar-refractivity contribution is 6.45. The molecule has 0 aliphatic heterocycles. The number of hydrogen-bond donors (Lipinski definition) is 3. The minimum Gasteiger partial charge on any atom is -0.351 e. The SMILES string of the molecule is Cc1c(Cl)c(Cl)c(-c2ccccc2CN)c2[nH]c(=O)n(C(N)=O)c12. The second-order valence-electron chi connectivity index (χ2n) is 5.32. The monoisotopic (exact) mass is 364 g/mol. The number of carbonyl (C=O) groups is 1. The zero-order valence-corrected chi connectivity index (χ0v) is 14.2. The minimum atomic E-state index is -0.897. The fourth-order valence-corrected chi connectivity index (χ4v) is 3.39. The average molecular weight is 365 g/mol. The molecule has 8 heteroatoms. The molecule has 0 saturated carbocycles. The van der Waals surface area contributed by atoms with Crippen molar-refractivity contribution >= 4 is 40.3 Å². The third-order valence-electron chi connectivity index (χ3n) is 3.97. The molecule has 0 aliphatic rings. The molecule has 124 valence electrons. The maximum Gasteiger partial charge on any atom is 0.334 e. The van der Waals surface area contributed by atoms with Gasteiger partial charge in [0.1, 0.15) is 0 Å². The number of carbonyl (C=O) groups excluding carboxylic acids is 1. The van der Waals surface area contributed by atoms with Gasteiger partial charge in [0.05, 0.1) is 21.1 Å². The molecule has 0 radical (unpaired) electrons. The van der Waals surface area contributed by atoms with Crippen LogP contribution in [0.1, 0.15) is 11.1 Å². The zero-order valence-electron chi connectivity index (χ0n) is 12.7. The van der Waals surface area contributed by atoms with Gasteiger partial charge in [-0.05, 0) is 23.6 Å². The Morgan fingerprint density at radius 1 is 1.25 bits per heavy atom. The zero-order chi connectivity index (χ0) is 17.6. The minimum absolute atomic E-state index is 0.250. The molecule has 0 saturated heterocycles. The first-order valence-electron chi connectivity index (χ1n) is 7.08. The van der Waals surface area contributed by atoms with Gasteiger partial charge in [-0.1, -0.05) is 47.5 Å². The quantitative estimate of drug-likeness (QED) is 0.650. The lowest BCUT2D eigenvalue weighted by molar-refractivity contribution is 0.250. The van der Waals surface area contributed by atoms with Gasteiger partial charge in [0.25, 0.3) is 0 Å². The molecule has 0 unspecified atom stereocenters. The summed E-state index contributed by atoms with van der Waals surface area (Å²) in [6.07, 6.45) is 0. The number of fused-ring (bicyclic) bond motifs is 1. The molecule has 2 aromatic carbocycles.